The molecule has 2 fully saturated rings. The van der Waals surface area contributed by atoms with Crippen molar-refractivity contribution in [3.05, 3.63) is 26.9 Å². The highest BCUT2D eigenvalue weighted by Gasteiger charge is 2.31. The number of piperidine rings is 1. The van der Waals surface area contributed by atoms with Gasteiger partial charge in [0.2, 0.25) is 5.91 Å². The van der Waals surface area contributed by atoms with Crippen LogP contribution in [0.15, 0.2) is 15.7 Å². The van der Waals surface area contributed by atoms with Crippen molar-refractivity contribution in [3.8, 4) is 0 Å². The number of morpholine rings is 1. The zero-order valence-corrected chi connectivity index (χ0v) is 14.2. The van der Waals surface area contributed by atoms with Crippen molar-refractivity contribution in [2.75, 3.05) is 44.3 Å². The van der Waals surface area contributed by atoms with Crippen molar-refractivity contribution < 1.29 is 9.53 Å². The van der Waals surface area contributed by atoms with E-state index in [1.165, 1.54) is 17.7 Å². The SMILES string of the molecule is Cn1c(N2CCC[C@@H](C(=O)N3CCOCC3)C2)cc(=O)n(C)c1=O. The average molecular weight is 336 g/mol. The molecule has 0 radical (unpaired) electrons. The van der Waals surface area contributed by atoms with Crippen LogP contribution in [0.4, 0.5) is 5.82 Å². The standard InChI is InChI=1S/C16H24N4O4/c1-17-13(10-14(21)18(2)16(17)23)20-5-3-4-12(11-20)15(22)19-6-8-24-9-7-19/h10,12H,3-9,11H2,1-2H3/t12-/m1/s1. The minimum Gasteiger partial charge on any atom is -0.378 e. The van der Waals surface area contributed by atoms with Crippen LogP contribution in [-0.2, 0) is 23.6 Å². The first kappa shape index (κ1) is 16.8. The Morgan fingerprint density at radius 3 is 2.54 bits per heavy atom. The second-order valence-corrected chi connectivity index (χ2v) is 6.46. The second-order valence-electron chi connectivity index (χ2n) is 6.46. The summed E-state index contributed by atoms with van der Waals surface area (Å²) in [5.74, 6) is 0.635. The predicted molar refractivity (Wildman–Crippen MR) is 89.3 cm³/mol. The summed E-state index contributed by atoms with van der Waals surface area (Å²) >= 11 is 0. The lowest BCUT2D eigenvalue weighted by molar-refractivity contribution is -0.139. The molecule has 1 aromatic heterocycles. The van der Waals surface area contributed by atoms with E-state index in [0.29, 0.717) is 38.7 Å². The van der Waals surface area contributed by atoms with Gasteiger partial charge in [0.15, 0.2) is 0 Å². The molecule has 132 valence electrons. The van der Waals surface area contributed by atoms with Gasteiger partial charge in [0.1, 0.15) is 5.82 Å². The van der Waals surface area contributed by atoms with Crippen LogP contribution in [0.2, 0.25) is 0 Å². The van der Waals surface area contributed by atoms with Gasteiger partial charge in [-0.3, -0.25) is 18.7 Å². The van der Waals surface area contributed by atoms with E-state index in [4.69, 9.17) is 4.74 Å². The quantitative estimate of drug-likeness (QED) is 0.704. The largest absolute Gasteiger partial charge is 0.378 e. The second kappa shape index (κ2) is 6.80. The Bertz CT molecular complexity index is 733. The third kappa shape index (κ3) is 3.10. The summed E-state index contributed by atoms with van der Waals surface area (Å²) < 4.78 is 7.86. The van der Waals surface area contributed by atoms with E-state index >= 15 is 0 Å². The number of carbonyl (C=O) groups is 1. The summed E-state index contributed by atoms with van der Waals surface area (Å²) in [6.07, 6.45) is 1.70. The molecule has 0 unspecified atom stereocenters. The molecule has 0 aromatic carbocycles. The van der Waals surface area contributed by atoms with Gasteiger partial charge in [-0.2, -0.15) is 0 Å². The maximum atomic E-state index is 12.7. The fraction of sp³-hybridized carbons (Fsp3) is 0.688. The Morgan fingerprint density at radius 1 is 1.12 bits per heavy atom. The molecule has 2 aliphatic rings. The topological polar surface area (TPSA) is 76.8 Å². The van der Waals surface area contributed by atoms with Crippen LogP contribution < -0.4 is 16.1 Å². The highest BCUT2D eigenvalue weighted by atomic mass is 16.5. The maximum absolute atomic E-state index is 12.7. The van der Waals surface area contributed by atoms with Gasteiger partial charge in [0.25, 0.3) is 5.56 Å². The summed E-state index contributed by atoms with van der Waals surface area (Å²) in [5, 5.41) is 0. The van der Waals surface area contributed by atoms with Crippen molar-refractivity contribution in [2.24, 2.45) is 20.0 Å². The summed E-state index contributed by atoms with van der Waals surface area (Å²) in [6, 6.07) is 1.48. The molecule has 3 rings (SSSR count). The Balaban J connectivity index is 1.80. The van der Waals surface area contributed by atoms with E-state index in [1.54, 1.807) is 7.05 Å². The van der Waals surface area contributed by atoms with Crippen LogP contribution in [0.5, 0.6) is 0 Å². The number of ether oxygens (including phenoxy) is 1. The molecular weight excluding hydrogens is 312 g/mol. The molecule has 3 heterocycles. The lowest BCUT2D eigenvalue weighted by Gasteiger charge is -2.37. The van der Waals surface area contributed by atoms with Crippen molar-refractivity contribution in [1.29, 1.82) is 0 Å². The van der Waals surface area contributed by atoms with Crippen LogP contribution >= 0.6 is 0 Å². The van der Waals surface area contributed by atoms with Gasteiger partial charge < -0.3 is 14.5 Å². The minimum atomic E-state index is -0.348. The molecule has 1 aromatic rings. The molecule has 0 bridgehead atoms. The third-order valence-corrected chi connectivity index (χ3v) is 4.92. The van der Waals surface area contributed by atoms with Gasteiger partial charge in [-0.1, -0.05) is 0 Å². The van der Waals surface area contributed by atoms with Crippen LogP contribution in [-0.4, -0.2) is 59.3 Å². The smallest absolute Gasteiger partial charge is 0.332 e. The van der Waals surface area contributed by atoms with Crippen LogP contribution in [0, 0.1) is 5.92 Å². The Morgan fingerprint density at radius 2 is 1.83 bits per heavy atom. The first-order valence-electron chi connectivity index (χ1n) is 8.37. The fourth-order valence-corrected chi connectivity index (χ4v) is 3.45. The summed E-state index contributed by atoms with van der Waals surface area (Å²) in [4.78, 5) is 40.6. The maximum Gasteiger partial charge on any atom is 0.332 e. The van der Waals surface area contributed by atoms with Crippen molar-refractivity contribution in [2.45, 2.75) is 12.8 Å². The third-order valence-electron chi connectivity index (χ3n) is 4.92. The van der Waals surface area contributed by atoms with Gasteiger partial charge in [-0.25, -0.2) is 4.79 Å². The predicted octanol–water partition coefficient (Wildman–Crippen LogP) is -0.841. The Hall–Kier alpha value is -2.09. The lowest BCUT2D eigenvalue weighted by atomic mass is 9.96. The molecule has 8 heteroatoms. The number of nitrogens with zero attached hydrogens (tertiary/aromatic N) is 4. The van der Waals surface area contributed by atoms with Gasteiger partial charge in [-0.05, 0) is 12.8 Å². The monoisotopic (exact) mass is 336 g/mol. The van der Waals surface area contributed by atoms with Crippen LogP contribution in [0.25, 0.3) is 0 Å². The van der Waals surface area contributed by atoms with Gasteiger partial charge >= 0.3 is 5.69 Å². The van der Waals surface area contributed by atoms with E-state index in [9.17, 15) is 14.4 Å². The highest BCUT2D eigenvalue weighted by Crippen LogP contribution is 2.23. The summed E-state index contributed by atoms with van der Waals surface area (Å²) in [7, 11) is 3.12. The number of hydrogen-bond donors (Lipinski definition) is 0. The van der Waals surface area contributed by atoms with E-state index in [0.717, 1.165) is 24.0 Å². The molecule has 24 heavy (non-hydrogen) atoms. The molecular formula is C16H24N4O4. The molecule has 2 aliphatic heterocycles. The molecule has 2 saturated heterocycles. The number of carbonyl (C=O) groups excluding carboxylic acids is 1. The molecule has 1 atom stereocenters. The van der Waals surface area contributed by atoms with E-state index in [-0.39, 0.29) is 23.1 Å². The summed E-state index contributed by atoms with van der Waals surface area (Å²) in [6.45, 7) is 3.74. The van der Waals surface area contributed by atoms with Crippen LogP contribution in [0.3, 0.4) is 0 Å². The van der Waals surface area contributed by atoms with E-state index < -0.39 is 0 Å². The number of rotatable bonds is 2. The molecule has 0 N–H and O–H groups in total. The number of amides is 1. The van der Waals surface area contributed by atoms with Crippen molar-refractivity contribution >= 4 is 11.7 Å². The number of aromatic nitrogens is 2. The molecule has 1 amide bonds. The van der Waals surface area contributed by atoms with E-state index in [2.05, 4.69) is 0 Å². The van der Waals surface area contributed by atoms with Gasteiger partial charge in [0.05, 0.1) is 19.1 Å². The minimum absolute atomic E-state index is 0.101. The lowest BCUT2D eigenvalue weighted by Crippen LogP contribution is -2.49. The first-order chi connectivity index (χ1) is 11.5. The first-order valence-corrected chi connectivity index (χ1v) is 8.37. The van der Waals surface area contributed by atoms with Gasteiger partial charge in [0, 0.05) is 46.3 Å². The molecule has 0 aliphatic carbocycles. The average Bonchev–Trinajstić information content (AvgIpc) is 2.63. The fourth-order valence-electron chi connectivity index (χ4n) is 3.45. The van der Waals surface area contributed by atoms with E-state index in [1.807, 2.05) is 9.80 Å². The summed E-state index contributed by atoms with van der Waals surface area (Å²) in [5.41, 5.74) is -0.672. The number of anilines is 1. The normalized spacial score (nSPS) is 21.8. The molecule has 0 spiro atoms. The highest BCUT2D eigenvalue weighted by molar-refractivity contribution is 5.79. The zero-order valence-electron chi connectivity index (χ0n) is 14.2. The zero-order chi connectivity index (χ0) is 17.3. The Kier molecular flexibility index (Phi) is 4.75. The molecule has 8 nitrogen and oxygen atoms in total. The van der Waals surface area contributed by atoms with Crippen molar-refractivity contribution in [1.82, 2.24) is 14.0 Å². The van der Waals surface area contributed by atoms with Gasteiger partial charge in [-0.15, -0.1) is 0 Å². The van der Waals surface area contributed by atoms with Crippen molar-refractivity contribution in [3.63, 3.8) is 0 Å². The number of hydrogen-bond acceptors (Lipinski definition) is 5. The Labute approximate surface area is 140 Å². The van der Waals surface area contributed by atoms with Crippen LogP contribution in [0.1, 0.15) is 12.8 Å². The molecule has 0 saturated carbocycles.